The molecular weight excluding hydrogens is 292 g/mol. The summed E-state index contributed by atoms with van der Waals surface area (Å²) in [5, 5.41) is 15.7. The van der Waals surface area contributed by atoms with E-state index in [1.165, 1.54) is 12.8 Å². The van der Waals surface area contributed by atoms with E-state index in [-0.39, 0.29) is 0 Å². The minimum atomic E-state index is 0.491. The van der Waals surface area contributed by atoms with Crippen LogP contribution in [0.4, 0.5) is 0 Å². The van der Waals surface area contributed by atoms with Gasteiger partial charge < -0.3 is 0 Å². The molecule has 4 rings (SSSR count). The largest absolute Gasteiger partial charge is 0.216 e. The monoisotopic (exact) mass is 300 g/mol. The zero-order valence-corrected chi connectivity index (χ0v) is 11.9. The molecule has 4 nitrogen and oxygen atoms in total. The van der Waals surface area contributed by atoms with Crippen LogP contribution in [-0.4, -0.2) is 14.6 Å². The van der Waals surface area contributed by atoms with Crippen molar-refractivity contribution in [1.29, 1.82) is 5.26 Å². The molecule has 0 amide bonds. The van der Waals surface area contributed by atoms with Crippen molar-refractivity contribution >= 4 is 27.9 Å². The van der Waals surface area contributed by atoms with Crippen molar-refractivity contribution in [2.45, 2.75) is 18.8 Å². The number of aromatic nitrogens is 3. The minimum absolute atomic E-state index is 0.491. The molecule has 0 atom stereocenters. The Morgan fingerprint density at radius 1 is 1.30 bits per heavy atom. The molecule has 1 saturated carbocycles. The highest BCUT2D eigenvalue weighted by Crippen LogP contribution is 2.42. The zero-order valence-electron chi connectivity index (χ0n) is 10.4. The molecule has 0 spiro atoms. The van der Waals surface area contributed by atoms with Gasteiger partial charge >= 0.3 is 0 Å². The predicted octanol–water partition coefficient (Wildman–Crippen LogP) is 3.86. The second-order valence-electron chi connectivity index (χ2n) is 4.84. The maximum Gasteiger partial charge on any atom is 0.214 e. The zero-order chi connectivity index (χ0) is 13.7. The summed E-state index contributed by atoms with van der Waals surface area (Å²) in [5.41, 5.74) is 2.05. The second kappa shape index (κ2) is 4.30. The first-order chi connectivity index (χ1) is 9.76. The Balaban J connectivity index is 1.89. The maximum absolute atomic E-state index is 9.41. The van der Waals surface area contributed by atoms with Gasteiger partial charge in [-0.2, -0.15) is 14.9 Å². The summed E-state index contributed by atoms with van der Waals surface area (Å²) in [7, 11) is 0. The summed E-state index contributed by atoms with van der Waals surface area (Å²) in [6.45, 7) is 0. The Morgan fingerprint density at radius 3 is 2.70 bits per heavy atom. The molecule has 1 aromatic carbocycles. The number of rotatable bonds is 2. The van der Waals surface area contributed by atoms with Gasteiger partial charge in [0.1, 0.15) is 16.8 Å². The van der Waals surface area contributed by atoms with Crippen LogP contribution in [0.5, 0.6) is 0 Å². The molecule has 20 heavy (non-hydrogen) atoms. The van der Waals surface area contributed by atoms with Crippen LogP contribution in [0.1, 0.15) is 29.5 Å². The fourth-order valence-corrected chi connectivity index (χ4v) is 3.36. The molecule has 0 bridgehead atoms. The van der Waals surface area contributed by atoms with E-state index in [4.69, 9.17) is 11.6 Å². The molecular formula is C14H9ClN4S. The molecule has 98 valence electrons. The van der Waals surface area contributed by atoms with Crippen LogP contribution < -0.4 is 0 Å². The number of fused-ring (bicyclic) bond motifs is 1. The van der Waals surface area contributed by atoms with Crippen molar-refractivity contribution in [3.05, 3.63) is 40.0 Å². The number of nitrogens with zero attached hydrogens (tertiary/aromatic N) is 4. The fraction of sp³-hybridized carbons (Fsp3) is 0.214. The summed E-state index contributed by atoms with van der Waals surface area (Å²) in [6.07, 6.45) is 2.39. The molecule has 0 saturated heterocycles. The van der Waals surface area contributed by atoms with Gasteiger partial charge in [0.25, 0.3) is 0 Å². The van der Waals surface area contributed by atoms with Gasteiger partial charge in [-0.3, -0.25) is 0 Å². The lowest BCUT2D eigenvalue weighted by Crippen LogP contribution is -1.91. The van der Waals surface area contributed by atoms with Crippen LogP contribution in [0.3, 0.4) is 0 Å². The summed E-state index contributed by atoms with van der Waals surface area (Å²) >= 11 is 7.47. The Morgan fingerprint density at radius 2 is 2.05 bits per heavy atom. The van der Waals surface area contributed by atoms with Crippen molar-refractivity contribution in [3.63, 3.8) is 0 Å². The van der Waals surface area contributed by atoms with Crippen LogP contribution in [0.15, 0.2) is 24.3 Å². The summed E-state index contributed by atoms with van der Waals surface area (Å²) < 4.78 is 1.67. The third-order valence-corrected chi connectivity index (χ3v) is 4.69. The van der Waals surface area contributed by atoms with E-state index in [1.807, 2.05) is 12.1 Å². The Kier molecular flexibility index (Phi) is 2.56. The SMILES string of the molecule is N#Cc1c(-c2ccc(Cl)cc2)nc2sc(C3CC3)nn12. The topological polar surface area (TPSA) is 54.0 Å². The number of hydrogen-bond acceptors (Lipinski definition) is 4. The standard InChI is InChI=1S/C14H9ClN4S/c15-10-5-3-8(4-6-10)12-11(7-16)19-14(17-12)20-13(18-19)9-1-2-9/h3-6,9H,1-2H2. The molecule has 0 N–H and O–H groups in total. The van der Waals surface area contributed by atoms with Crippen LogP contribution in [0, 0.1) is 11.3 Å². The van der Waals surface area contributed by atoms with E-state index < -0.39 is 0 Å². The fourth-order valence-electron chi connectivity index (χ4n) is 2.17. The number of imidazole rings is 1. The summed E-state index contributed by atoms with van der Waals surface area (Å²) in [4.78, 5) is 5.35. The Labute approximate surface area is 124 Å². The third-order valence-electron chi connectivity index (χ3n) is 3.37. The molecule has 3 aromatic rings. The summed E-state index contributed by atoms with van der Waals surface area (Å²) in [6, 6.07) is 9.56. The van der Waals surface area contributed by atoms with E-state index in [2.05, 4.69) is 16.2 Å². The van der Waals surface area contributed by atoms with Crippen molar-refractivity contribution in [1.82, 2.24) is 14.6 Å². The van der Waals surface area contributed by atoms with Crippen LogP contribution >= 0.6 is 22.9 Å². The first kappa shape index (κ1) is 11.9. The van der Waals surface area contributed by atoms with Crippen molar-refractivity contribution in [2.75, 3.05) is 0 Å². The van der Waals surface area contributed by atoms with E-state index in [9.17, 15) is 5.26 Å². The van der Waals surface area contributed by atoms with Gasteiger partial charge in [0.15, 0.2) is 5.69 Å². The van der Waals surface area contributed by atoms with Crippen molar-refractivity contribution in [3.8, 4) is 17.3 Å². The lowest BCUT2D eigenvalue weighted by molar-refractivity contribution is 0.893. The van der Waals surface area contributed by atoms with E-state index in [0.29, 0.717) is 22.3 Å². The van der Waals surface area contributed by atoms with Gasteiger partial charge in [-0.25, -0.2) is 4.98 Å². The average molecular weight is 301 g/mol. The number of benzene rings is 1. The highest BCUT2D eigenvalue weighted by molar-refractivity contribution is 7.16. The minimum Gasteiger partial charge on any atom is -0.216 e. The third kappa shape index (κ3) is 1.80. The average Bonchev–Trinajstić information content (AvgIpc) is 3.13. The maximum atomic E-state index is 9.41. The second-order valence-corrected chi connectivity index (χ2v) is 6.26. The van der Waals surface area contributed by atoms with Crippen LogP contribution in [0.2, 0.25) is 5.02 Å². The highest BCUT2D eigenvalue weighted by Gasteiger charge is 2.29. The quantitative estimate of drug-likeness (QED) is 0.722. The number of hydrogen-bond donors (Lipinski definition) is 0. The van der Waals surface area contributed by atoms with E-state index in [0.717, 1.165) is 15.5 Å². The van der Waals surface area contributed by atoms with E-state index >= 15 is 0 Å². The van der Waals surface area contributed by atoms with Gasteiger partial charge in [0, 0.05) is 16.5 Å². The summed E-state index contributed by atoms with van der Waals surface area (Å²) in [5.74, 6) is 0.576. The lowest BCUT2D eigenvalue weighted by atomic mass is 10.1. The number of halogens is 1. The van der Waals surface area contributed by atoms with Crippen molar-refractivity contribution in [2.24, 2.45) is 0 Å². The lowest BCUT2D eigenvalue weighted by Gasteiger charge is -1.97. The smallest absolute Gasteiger partial charge is 0.214 e. The molecule has 2 aromatic heterocycles. The van der Waals surface area contributed by atoms with Gasteiger partial charge in [-0.05, 0) is 25.0 Å². The highest BCUT2D eigenvalue weighted by atomic mass is 35.5. The molecule has 0 aliphatic heterocycles. The van der Waals surface area contributed by atoms with E-state index in [1.54, 1.807) is 28.0 Å². The molecule has 2 heterocycles. The molecule has 1 fully saturated rings. The molecule has 0 unspecified atom stereocenters. The van der Waals surface area contributed by atoms with Gasteiger partial charge in [0.2, 0.25) is 4.96 Å². The first-order valence-corrected chi connectivity index (χ1v) is 7.51. The molecule has 1 aliphatic rings. The van der Waals surface area contributed by atoms with Gasteiger partial charge in [0.05, 0.1) is 0 Å². The number of nitriles is 1. The van der Waals surface area contributed by atoms with Crippen LogP contribution in [0.25, 0.3) is 16.2 Å². The molecule has 0 radical (unpaired) electrons. The van der Waals surface area contributed by atoms with Crippen LogP contribution in [-0.2, 0) is 0 Å². The Hall–Kier alpha value is -1.90. The van der Waals surface area contributed by atoms with Gasteiger partial charge in [-0.1, -0.05) is 35.1 Å². The van der Waals surface area contributed by atoms with Gasteiger partial charge in [-0.15, -0.1) is 0 Å². The molecule has 1 aliphatic carbocycles. The molecule has 6 heteroatoms. The predicted molar refractivity (Wildman–Crippen MR) is 78.0 cm³/mol. The van der Waals surface area contributed by atoms with Crippen molar-refractivity contribution < 1.29 is 0 Å². The first-order valence-electron chi connectivity index (χ1n) is 6.32. The normalized spacial score (nSPS) is 14.6. The Bertz CT molecular complexity index is 837.